The van der Waals surface area contributed by atoms with Crippen LogP contribution in [0.1, 0.15) is 49.8 Å². The summed E-state index contributed by atoms with van der Waals surface area (Å²) in [6.45, 7) is 2.36. The topological polar surface area (TPSA) is 76.1 Å². The van der Waals surface area contributed by atoms with Gasteiger partial charge in [0.05, 0.1) is 25.3 Å². The fraction of sp³-hybridized carbons (Fsp3) is 0.360. The van der Waals surface area contributed by atoms with Gasteiger partial charge in [-0.1, -0.05) is 43.2 Å². The van der Waals surface area contributed by atoms with E-state index in [0.717, 1.165) is 25.7 Å². The highest BCUT2D eigenvalue weighted by Gasteiger charge is 2.50. The second-order valence-electron chi connectivity index (χ2n) is 7.85. The first-order valence-electron chi connectivity index (χ1n) is 10.7. The molecule has 0 aromatic heterocycles. The largest absolute Gasteiger partial charge is 0.507 e. The number of aliphatic hydroxyl groups excluding tert-OH is 1. The maximum atomic E-state index is 13.2. The molecule has 1 N–H and O–H groups in total. The summed E-state index contributed by atoms with van der Waals surface area (Å²) in [5, 5.41) is 11.2. The lowest BCUT2D eigenvalue weighted by molar-refractivity contribution is -0.141. The molecule has 1 aliphatic carbocycles. The van der Waals surface area contributed by atoms with Crippen molar-refractivity contribution in [1.29, 1.82) is 0 Å². The Labute approximate surface area is 182 Å². The van der Waals surface area contributed by atoms with Gasteiger partial charge in [-0.3, -0.25) is 9.59 Å². The highest BCUT2D eigenvalue weighted by molar-refractivity contribution is 6.46. The number of nitrogens with zero attached hydrogens (tertiary/aromatic N) is 1. The number of Topliss-reactive ketones (excluding diaryl/α,β-unsaturated/α-hetero) is 1. The minimum atomic E-state index is -0.699. The Morgan fingerprint density at radius 2 is 1.84 bits per heavy atom. The van der Waals surface area contributed by atoms with Crippen molar-refractivity contribution in [3.63, 3.8) is 0 Å². The number of benzene rings is 2. The first kappa shape index (κ1) is 21.0. The molecule has 0 spiro atoms. The number of hydrogen-bond acceptors (Lipinski definition) is 5. The molecule has 2 aromatic rings. The molecule has 1 heterocycles. The Morgan fingerprint density at radius 1 is 1.10 bits per heavy atom. The van der Waals surface area contributed by atoms with E-state index in [1.165, 1.54) is 0 Å². The van der Waals surface area contributed by atoms with Gasteiger partial charge >= 0.3 is 0 Å². The molecule has 1 unspecified atom stereocenters. The SMILES string of the molecule is CCOc1cccc(/C(O)=C2/C(=O)C(=O)N(C3CCCC3)C2c2ccccc2OC)c1. The van der Waals surface area contributed by atoms with E-state index >= 15 is 0 Å². The van der Waals surface area contributed by atoms with Crippen molar-refractivity contribution < 1.29 is 24.2 Å². The van der Waals surface area contributed by atoms with Crippen molar-refractivity contribution in [1.82, 2.24) is 4.90 Å². The molecule has 162 valence electrons. The van der Waals surface area contributed by atoms with Gasteiger partial charge in [0.1, 0.15) is 17.3 Å². The average Bonchev–Trinajstić information content (AvgIpc) is 3.40. The minimum Gasteiger partial charge on any atom is -0.507 e. The zero-order valence-corrected chi connectivity index (χ0v) is 17.8. The van der Waals surface area contributed by atoms with Crippen LogP contribution in [0.2, 0.25) is 0 Å². The predicted molar refractivity (Wildman–Crippen MR) is 117 cm³/mol. The second-order valence-corrected chi connectivity index (χ2v) is 7.85. The second kappa shape index (κ2) is 8.84. The number of amides is 1. The smallest absolute Gasteiger partial charge is 0.295 e. The summed E-state index contributed by atoms with van der Waals surface area (Å²) in [6.07, 6.45) is 3.72. The summed E-state index contributed by atoms with van der Waals surface area (Å²) in [6, 6.07) is 13.5. The molecule has 0 bridgehead atoms. The molecule has 1 saturated heterocycles. The molecule has 1 aliphatic heterocycles. The number of aliphatic hydroxyl groups is 1. The molecule has 2 fully saturated rings. The van der Waals surface area contributed by atoms with E-state index in [1.807, 2.05) is 25.1 Å². The van der Waals surface area contributed by atoms with Gasteiger partial charge in [0.15, 0.2) is 0 Å². The average molecular weight is 421 g/mol. The van der Waals surface area contributed by atoms with Gasteiger partial charge < -0.3 is 19.5 Å². The lowest BCUT2D eigenvalue weighted by Crippen LogP contribution is -2.37. The number of likely N-dealkylation sites (tertiary alicyclic amines) is 1. The maximum Gasteiger partial charge on any atom is 0.295 e. The van der Waals surface area contributed by atoms with Crippen LogP contribution in [0.5, 0.6) is 11.5 Å². The standard InChI is InChI=1S/C25H27NO5/c1-3-31-18-12-8-9-16(15-18)23(27)21-22(19-13-6-7-14-20(19)30-2)26(25(29)24(21)28)17-10-4-5-11-17/h6-9,12-15,17,22,27H,3-5,10-11H2,1-2H3/b23-21-. The Morgan fingerprint density at radius 3 is 2.55 bits per heavy atom. The van der Waals surface area contributed by atoms with Crippen molar-refractivity contribution in [2.75, 3.05) is 13.7 Å². The van der Waals surface area contributed by atoms with E-state index in [2.05, 4.69) is 0 Å². The monoisotopic (exact) mass is 421 g/mol. The molecular formula is C25H27NO5. The number of ketones is 1. The van der Waals surface area contributed by atoms with Crippen LogP contribution in [0.4, 0.5) is 0 Å². The van der Waals surface area contributed by atoms with Crippen LogP contribution in [0.3, 0.4) is 0 Å². The Balaban J connectivity index is 1.90. The van der Waals surface area contributed by atoms with Gasteiger partial charge in [-0.15, -0.1) is 0 Å². The first-order valence-corrected chi connectivity index (χ1v) is 10.7. The fourth-order valence-corrected chi connectivity index (χ4v) is 4.66. The zero-order chi connectivity index (χ0) is 22.0. The van der Waals surface area contributed by atoms with Crippen molar-refractivity contribution in [2.24, 2.45) is 0 Å². The third-order valence-corrected chi connectivity index (χ3v) is 6.05. The third-order valence-electron chi connectivity index (χ3n) is 6.05. The van der Waals surface area contributed by atoms with Crippen molar-refractivity contribution in [3.8, 4) is 11.5 Å². The maximum absolute atomic E-state index is 13.2. The van der Waals surface area contributed by atoms with Crippen LogP contribution in [0, 0.1) is 0 Å². The molecule has 6 heteroatoms. The predicted octanol–water partition coefficient (Wildman–Crippen LogP) is 4.46. The molecule has 1 saturated carbocycles. The number of rotatable bonds is 6. The van der Waals surface area contributed by atoms with Gasteiger partial charge in [0.2, 0.25) is 0 Å². The molecule has 6 nitrogen and oxygen atoms in total. The van der Waals surface area contributed by atoms with Crippen LogP contribution in [-0.4, -0.2) is 41.5 Å². The van der Waals surface area contributed by atoms with E-state index in [4.69, 9.17) is 9.47 Å². The number of para-hydroxylation sites is 1. The van der Waals surface area contributed by atoms with Gasteiger partial charge in [-0.2, -0.15) is 0 Å². The molecule has 1 atom stereocenters. The summed E-state index contributed by atoms with van der Waals surface area (Å²) in [7, 11) is 1.56. The normalized spacial score (nSPS) is 21.0. The lowest BCUT2D eigenvalue weighted by Gasteiger charge is -2.31. The molecular weight excluding hydrogens is 394 g/mol. The fourth-order valence-electron chi connectivity index (χ4n) is 4.66. The summed E-state index contributed by atoms with van der Waals surface area (Å²) < 4.78 is 11.1. The summed E-state index contributed by atoms with van der Waals surface area (Å²) >= 11 is 0. The Kier molecular flexibility index (Phi) is 5.98. The van der Waals surface area contributed by atoms with Gasteiger partial charge in [-0.25, -0.2) is 0 Å². The molecule has 1 amide bonds. The number of carbonyl (C=O) groups is 2. The van der Waals surface area contributed by atoms with E-state index in [0.29, 0.717) is 29.2 Å². The summed E-state index contributed by atoms with van der Waals surface area (Å²) in [4.78, 5) is 28.0. The van der Waals surface area contributed by atoms with E-state index in [9.17, 15) is 14.7 Å². The number of methoxy groups -OCH3 is 1. The Hall–Kier alpha value is -3.28. The van der Waals surface area contributed by atoms with Crippen molar-refractivity contribution >= 4 is 17.4 Å². The van der Waals surface area contributed by atoms with Crippen LogP contribution < -0.4 is 9.47 Å². The highest BCUT2D eigenvalue weighted by Crippen LogP contribution is 2.45. The molecule has 2 aliphatic rings. The van der Waals surface area contributed by atoms with E-state index < -0.39 is 17.7 Å². The van der Waals surface area contributed by atoms with Crippen molar-refractivity contribution in [3.05, 3.63) is 65.2 Å². The van der Waals surface area contributed by atoms with Crippen LogP contribution >= 0.6 is 0 Å². The molecule has 2 aromatic carbocycles. The third kappa shape index (κ3) is 3.78. The number of ether oxygens (including phenoxy) is 2. The molecule has 4 rings (SSSR count). The molecule has 31 heavy (non-hydrogen) atoms. The first-order chi connectivity index (χ1) is 15.1. The molecule has 0 radical (unpaired) electrons. The van der Waals surface area contributed by atoms with Gasteiger partial charge in [-0.05, 0) is 38.0 Å². The summed E-state index contributed by atoms with van der Waals surface area (Å²) in [5.74, 6) is -0.263. The lowest BCUT2D eigenvalue weighted by atomic mass is 9.94. The quantitative estimate of drug-likeness (QED) is 0.423. The van der Waals surface area contributed by atoms with Crippen LogP contribution in [0.15, 0.2) is 54.1 Å². The van der Waals surface area contributed by atoms with E-state index in [1.54, 1.807) is 42.3 Å². The van der Waals surface area contributed by atoms with Crippen molar-refractivity contribution in [2.45, 2.75) is 44.7 Å². The van der Waals surface area contributed by atoms with Gasteiger partial charge in [0.25, 0.3) is 11.7 Å². The highest BCUT2D eigenvalue weighted by atomic mass is 16.5. The number of carbonyl (C=O) groups excluding carboxylic acids is 2. The number of hydrogen-bond donors (Lipinski definition) is 1. The Bertz CT molecular complexity index is 1020. The summed E-state index contributed by atoms with van der Waals surface area (Å²) in [5.41, 5.74) is 1.23. The van der Waals surface area contributed by atoms with Gasteiger partial charge in [0, 0.05) is 17.2 Å². The van der Waals surface area contributed by atoms with Crippen LogP contribution in [0.25, 0.3) is 5.76 Å². The zero-order valence-electron chi connectivity index (χ0n) is 17.8. The van der Waals surface area contributed by atoms with Crippen LogP contribution in [-0.2, 0) is 9.59 Å². The minimum absolute atomic E-state index is 0.0357. The van der Waals surface area contributed by atoms with E-state index in [-0.39, 0.29) is 17.4 Å².